The van der Waals surface area contributed by atoms with Crippen LogP contribution in [0.1, 0.15) is 10.4 Å². The molecule has 2 rings (SSSR count). The number of esters is 1. The topological polar surface area (TPSA) is 52.3 Å². The van der Waals surface area contributed by atoms with Gasteiger partial charge in [-0.2, -0.15) is 0 Å². The van der Waals surface area contributed by atoms with Gasteiger partial charge in [0.25, 0.3) is 0 Å². The molecular weight excluding hydrogens is 294 g/mol. The Morgan fingerprint density at radius 3 is 2.65 bits per heavy atom. The van der Waals surface area contributed by atoms with Crippen molar-refractivity contribution in [1.29, 1.82) is 0 Å². The number of benzene rings is 2. The number of rotatable bonds is 5. The Balaban J connectivity index is 1.79. The summed E-state index contributed by atoms with van der Waals surface area (Å²) in [4.78, 5) is 12.9. The number of ether oxygens (including phenoxy) is 1. The minimum atomic E-state index is -0.388. The molecule has 0 aliphatic heterocycles. The molecule has 0 heterocycles. The lowest BCUT2D eigenvalue weighted by Crippen LogP contribution is -2.08. The molecule has 5 heteroatoms. The van der Waals surface area contributed by atoms with Crippen molar-refractivity contribution < 1.29 is 9.53 Å². The zero-order chi connectivity index (χ0) is 14.4. The molecule has 0 unspecified atom stereocenters. The summed E-state index contributed by atoms with van der Waals surface area (Å²) in [6.07, 6.45) is 0. The first kappa shape index (κ1) is 14.8. The van der Waals surface area contributed by atoms with Gasteiger partial charge in [-0.05, 0) is 30.3 Å². The molecule has 0 amide bonds. The number of carbonyl (C=O) groups excluding carboxylic acids is 1. The fraction of sp³-hybridized carbons (Fsp3) is 0.133. The number of nitrogens with two attached hydrogens (primary N) is 1. The number of carbonyl (C=O) groups is 1. The quantitative estimate of drug-likeness (QED) is 0.394. The second-order valence-electron chi connectivity index (χ2n) is 4.03. The molecule has 20 heavy (non-hydrogen) atoms. The van der Waals surface area contributed by atoms with Gasteiger partial charge in [-0.3, -0.25) is 0 Å². The van der Waals surface area contributed by atoms with Crippen molar-refractivity contribution in [2.45, 2.75) is 4.90 Å². The highest BCUT2D eigenvalue weighted by Crippen LogP contribution is 2.20. The molecule has 0 aliphatic rings. The highest BCUT2D eigenvalue weighted by molar-refractivity contribution is 7.99. The number of anilines is 1. The molecule has 0 aromatic heterocycles. The molecule has 0 spiro atoms. The molecule has 0 fully saturated rings. The van der Waals surface area contributed by atoms with Gasteiger partial charge >= 0.3 is 5.97 Å². The lowest BCUT2D eigenvalue weighted by molar-refractivity contribution is 0.0530. The fourth-order valence-corrected chi connectivity index (χ4v) is 2.48. The molecular formula is C15H14ClNO2S. The van der Waals surface area contributed by atoms with E-state index >= 15 is 0 Å². The Morgan fingerprint density at radius 2 is 1.95 bits per heavy atom. The zero-order valence-electron chi connectivity index (χ0n) is 10.7. The second-order valence-corrected chi connectivity index (χ2v) is 5.61. The largest absolute Gasteiger partial charge is 0.461 e. The Bertz CT molecular complexity index is 590. The van der Waals surface area contributed by atoms with E-state index < -0.39 is 0 Å². The number of halogens is 1. The van der Waals surface area contributed by atoms with Crippen LogP contribution in [0.5, 0.6) is 0 Å². The standard InChI is InChI=1S/C15H14ClNO2S/c16-13-10-11(6-7-14(13)17)15(18)19-8-9-20-12-4-2-1-3-5-12/h1-7,10H,8-9,17H2. The van der Waals surface area contributed by atoms with Gasteiger partial charge in [0.15, 0.2) is 0 Å². The molecule has 0 radical (unpaired) electrons. The molecule has 2 aromatic rings. The fourth-order valence-electron chi connectivity index (χ4n) is 1.55. The van der Waals surface area contributed by atoms with E-state index in [0.29, 0.717) is 28.6 Å². The van der Waals surface area contributed by atoms with Crippen LogP contribution in [0.3, 0.4) is 0 Å². The average molecular weight is 308 g/mol. The Morgan fingerprint density at radius 1 is 1.20 bits per heavy atom. The SMILES string of the molecule is Nc1ccc(C(=O)OCCSc2ccccc2)cc1Cl. The van der Waals surface area contributed by atoms with E-state index in [4.69, 9.17) is 22.1 Å². The predicted molar refractivity (Wildman–Crippen MR) is 83.3 cm³/mol. The van der Waals surface area contributed by atoms with Gasteiger partial charge in [0.1, 0.15) is 6.61 Å². The lowest BCUT2D eigenvalue weighted by Gasteiger charge is -2.06. The van der Waals surface area contributed by atoms with Gasteiger partial charge < -0.3 is 10.5 Å². The lowest BCUT2D eigenvalue weighted by atomic mass is 10.2. The van der Waals surface area contributed by atoms with Gasteiger partial charge in [0, 0.05) is 10.6 Å². The van der Waals surface area contributed by atoms with Crippen LogP contribution < -0.4 is 5.73 Å². The van der Waals surface area contributed by atoms with Crippen LogP contribution in [0.25, 0.3) is 0 Å². The molecule has 2 N–H and O–H groups in total. The maximum Gasteiger partial charge on any atom is 0.338 e. The van der Waals surface area contributed by atoms with E-state index in [1.807, 2.05) is 30.3 Å². The van der Waals surface area contributed by atoms with Gasteiger partial charge in [-0.15, -0.1) is 11.8 Å². The summed E-state index contributed by atoms with van der Waals surface area (Å²) >= 11 is 7.50. The monoisotopic (exact) mass is 307 g/mol. The van der Waals surface area contributed by atoms with Crippen molar-refractivity contribution in [3.63, 3.8) is 0 Å². The first-order chi connectivity index (χ1) is 9.66. The summed E-state index contributed by atoms with van der Waals surface area (Å²) in [6.45, 7) is 0.348. The van der Waals surface area contributed by atoms with E-state index in [9.17, 15) is 4.79 Å². The summed E-state index contributed by atoms with van der Waals surface area (Å²) in [5, 5.41) is 0.359. The maximum absolute atomic E-state index is 11.8. The maximum atomic E-state index is 11.8. The van der Waals surface area contributed by atoms with E-state index in [-0.39, 0.29) is 5.97 Å². The third-order valence-electron chi connectivity index (χ3n) is 2.56. The smallest absolute Gasteiger partial charge is 0.338 e. The van der Waals surface area contributed by atoms with Crippen LogP contribution in [0.15, 0.2) is 53.4 Å². The Labute approximate surface area is 127 Å². The Hall–Kier alpha value is -1.65. The molecule has 0 saturated carbocycles. The number of nitrogen functional groups attached to an aromatic ring is 1. The molecule has 2 aromatic carbocycles. The molecule has 0 saturated heterocycles. The van der Waals surface area contributed by atoms with E-state index in [1.165, 1.54) is 6.07 Å². The van der Waals surface area contributed by atoms with Gasteiger partial charge in [0.2, 0.25) is 0 Å². The van der Waals surface area contributed by atoms with Gasteiger partial charge in [0.05, 0.1) is 16.3 Å². The summed E-state index contributed by atoms with van der Waals surface area (Å²) in [5.74, 6) is 0.318. The normalized spacial score (nSPS) is 10.2. The van der Waals surface area contributed by atoms with Crippen LogP contribution >= 0.6 is 23.4 Å². The van der Waals surface area contributed by atoms with Crippen LogP contribution in [-0.2, 0) is 4.74 Å². The first-order valence-corrected chi connectivity index (χ1v) is 7.43. The summed E-state index contributed by atoms with van der Waals surface area (Å²) in [6, 6.07) is 14.7. The second kappa shape index (κ2) is 7.22. The third kappa shape index (κ3) is 4.18. The van der Waals surface area contributed by atoms with Crippen LogP contribution in [0, 0.1) is 0 Å². The van der Waals surface area contributed by atoms with Crippen molar-refractivity contribution in [2.24, 2.45) is 0 Å². The molecule has 3 nitrogen and oxygen atoms in total. The van der Waals surface area contributed by atoms with E-state index in [0.717, 1.165) is 4.90 Å². The minimum Gasteiger partial charge on any atom is -0.461 e. The molecule has 0 atom stereocenters. The highest BCUT2D eigenvalue weighted by Gasteiger charge is 2.08. The summed E-state index contributed by atoms with van der Waals surface area (Å²) in [5.41, 5.74) is 6.45. The summed E-state index contributed by atoms with van der Waals surface area (Å²) in [7, 11) is 0. The first-order valence-electron chi connectivity index (χ1n) is 6.07. The average Bonchev–Trinajstić information content (AvgIpc) is 2.47. The third-order valence-corrected chi connectivity index (χ3v) is 3.87. The number of hydrogen-bond acceptors (Lipinski definition) is 4. The number of thioether (sulfide) groups is 1. The van der Waals surface area contributed by atoms with Crippen molar-refractivity contribution in [3.05, 3.63) is 59.1 Å². The van der Waals surface area contributed by atoms with Crippen LogP contribution in [0.4, 0.5) is 5.69 Å². The van der Waals surface area contributed by atoms with Gasteiger partial charge in [-0.1, -0.05) is 29.8 Å². The summed E-state index contributed by atoms with van der Waals surface area (Å²) < 4.78 is 5.19. The predicted octanol–water partition coefficient (Wildman–Crippen LogP) is 3.87. The van der Waals surface area contributed by atoms with Crippen LogP contribution in [-0.4, -0.2) is 18.3 Å². The molecule has 0 aliphatic carbocycles. The van der Waals surface area contributed by atoms with Crippen molar-refractivity contribution in [1.82, 2.24) is 0 Å². The highest BCUT2D eigenvalue weighted by atomic mass is 35.5. The van der Waals surface area contributed by atoms with E-state index in [1.54, 1.807) is 23.9 Å². The molecule has 104 valence electrons. The Kier molecular flexibility index (Phi) is 5.32. The van der Waals surface area contributed by atoms with Crippen LogP contribution in [0.2, 0.25) is 5.02 Å². The zero-order valence-corrected chi connectivity index (χ0v) is 12.3. The van der Waals surface area contributed by atoms with Crippen molar-refractivity contribution in [2.75, 3.05) is 18.1 Å². The van der Waals surface area contributed by atoms with E-state index in [2.05, 4.69) is 0 Å². The minimum absolute atomic E-state index is 0.348. The number of hydrogen-bond donors (Lipinski definition) is 1. The van der Waals surface area contributed by atoms with Crippen molar-refractivity contribution >= 4 is 35.0 Å². The van der Waals surface area contributed by atoms with Gasteiger partial charge in [-0.25, -0.2) is 4.79 Å². The van der Waals surface area contributed by atoms with Crippen molar-refractivity contribution in [3.8, 4) is 0 Å². The molecule has 0 bridgehead atoms.